The van der Waals surface area contributed by atoms with Crippen molar-refractivity contribution in [3.63, 3.8) is 0 Å². The Morgan fingerprint density at radius 3 is 2.35 bits per heavy atom. The van der Waals surface area contributed by atoms with E-state index in [4.69, 9.17) is 0 Å². The van der Waals surface area contributed by atoms with Crippen LogP contribution in [0.25, 0.3) is 0 Å². The van der Waals surface area contributed by atoms with E-state index in [1.807, 2.05) is 13.8 Å². The SMILES string of the molecule is CC(C)[C@@H](CC(=O)N[C@H]1CC[C@@H]2CN(S(=O)(=O)c3cccc(C(F)(F)F)c3)C[C@@H]21)N(C(=O)O)C(C)(C)C. The first kappa shape index (κ1) is 29.2. The maximum atomic E-state index is 13.1. The van der Waals surface area contributed by atoms with E-state index < -0.39 is 44.3 Å². The average molecular weight is 548 g/mol. The number of benzene rings is 1. The Labute approximate surface area is 216 Å². The summed E-state index contributed by atoms with van der Waals surface area (Å²) < 4.78 is 66.8. The smallest absolute Gasteiger partial charge is 0.416 e. The molecule has 2 N–H and O–H groups in total. The van der Waals surface area contributed by atoms with Gasteiger partial charge in [0.15, 0.2) is 0 Å². The molecule has 1 aliphatic heterocycles. The van der Waals surface area contributed by atoms with Gasteiger partial charge in [-0.1, -0.05) is 19.9 Å². The normalized spacial score (nSPS) is 23.6. The van der Waals surface area contributed by atoms with Crippen LogP contribution in [0, 0.1) is 17.8 Å². The second-order valence-corrected chi connectivity index (χ2v) is 13.3. The molecule has 4 atom stereocenters. The van der Waals surface area contributed by atoms with E-state index >= 15 is 0 Å². The van der Waals surface area contributed by atoms with Crippen LogP contribution in [0.15, 0.2) is 29.2 Å². The highest BCUT2D eigenvalue weighted by Gasteiger charge is 2.47. The number of sulfonamides is 1. The number of halogens is 3. The second-order valence-electron chi connectivity index (χ2n) is 11.4. The molecule has 0 unspecified atom stereocenters. The van der Waals surface area contributed by atoms with Crippen LogP contribution in [0.3, 0.4) is 0 Å². The molecule has 2 amide bonds. The summed E-state index contributed by atoms with van der Waals surface area (Å²) >= 11 is 0. The third kappa shape index (κ3) is 6.39. The molecule has 12 heteroatoms. The largest absolute Gasteiger partial charge is 0.465 e. The van der Waals surface area contributed by atoms with Crippen molar-refractivity contribution in [2.45, 2.75) is 82.6 Å². The number of carbonyl (C=O) groups is 2. The lowest BCUT2D eigenvalue weighted by Gasteiger charge is -2.41. The highest BCUT2D eigenvalue weighted by Crippen LogP contribution is 2.41. The minimum absolute atomic E-state index is 0.0168. The molecule has 2 fully saturated rings. The van der Waals surface area contributed by atoms with Crippen molar-refractivity contribution in [2.75, 3.05) is 13.1 Å². The van der Waals surface area contributed by atoms with Crippen molar-refractivity contribution in [3.05, 3.63) is 29.8 Å². The second kappa shape index (κ2) is 10.4. The van der Waals surface area contributed by atoms with E-state index in [0.717, 1.165) is 18.2 Å². The summed E-state index contributed by atoms with van der Waals surface area (Å²) in [4.78, 5) is 25.9. The highest BCUT2D eigenvalue weighted by atomic mass is 32.2. The summed E-state index contributed by atoms with van der Waals surface area (Å²) in [5.74, 6) is -0.604. The molecular weight excluding hydrogens is 511 g/mol. The lowest BCUT2D eigenvalue weighted by Crippen LogP contribution is -2.55. The van der Waals surface area contributed by atoms with Gasteiger partial charge in [-0.25, -0.2) is 13.2 Å². The van der Waals surface area contributed by atoms with E-state index in [9.17, 15) is 36.3 Å². The fraction of sp³-hybridized carbons (Fsp3) is 0.680. The molecule has 1 saturated carbocycles. The van der Waals surface area contributed by atoms with E-state index in [1.54, 1.807) is 20.8 Å². The number of carboxylic acid groups (broad SMARTS) is 1. The maximum absolute atomic E-state index is 13.1. The Balaban J connectivity index is 1.71. The van der Waals surface area contributed by atoms with Gasteiger partial charge in [-0.3, -0.25) is 9.69 Å². The van der Waals surface area contributed by atoms with Crippen LogP contribution in [0.4, 0.5) is 18.0 Å². The molecule has 8 nitrogen and oxygen atoms in total. The Morgan fingerprint density at radius 1 is 1.16 bits per heavy atom. The number of alkyl halides is 3. The third-order valence-electron chi connectivity index (χ3n) is 7.39. The topological polar surface area (TPSA) is 107 Å². The lowest BCUT2D eigenvalue weighted by molar-refractivity contribution is -0.137. The Morgan fingerprint density at radius 2 is 1.81 bits per heavy atom. The minimum Gasteiger partial charge on any atom is -0.465 e. The van der Waals surface area contributed by atoms with E-state index in [2.05, 4.69) is 5.32 Å². The molecule has 3 rings (SSSR count). The van der Waals surface area contributed by atoms with Crippen LogP contribution < -0.4 is 5.32 Å². The van der Waals surface area contributed by atoms with Crippen molar-refractivity contribution >= 4 is 22.0 Å². The first-order chi connectivity index (χ1) is 16.9. The minimum atomic E-state index is -4.65. The Hall–Kier alpha value is -2.34. The molecule has 208 valence electrons. The van der Waals surface area contributed by atoms with Crippen LogP contribution in [-0.4, -0.2) is 65.4 Å². The Kier molecular flexibility index (Phi) is 8.24. The van der Waals surface area contributed by atoms with Gasteiger partial charge < -0.3 is 10.4 Å². The van der Waals surface area contributed by atoms with Gasteiger partial charge in [-0.05, 0) is 69.6 Å². The number of hydrogen-bond donors (Lipinski definition) is 2. The van der Waals surface area contributed by atoms with Gasteiger partial charge >= 0.3 is 12.3 Å². The summed E-state index contributed by atoms with van der Waals surface area (Å²) in [5.41, 5.74) is -1.73. The summed E-state index contributed by atoms with van der Waals surface area (Å²) in [6, 6.07) is 2.89. The first-order valence-corrected chi connectivity index (χ1v) is 13.9. The lowest BCUT2D eigenvalue weighted by atomic mass is 9.93. The van der Waals surface area contributed by atoms with Crippen molar-refractivity contribution < 1.29 is 36.3 Å². The van der Waals surface area contributed by atoms with Crippen LogP contribution in [0.1, 0.15) is 59.4 Å². The zero-order valence-electron chi connectivity index (χ0n) is 21.7. The number of hydrogen-bond acceptors (Lipinski definition) is 4. The number of nitrogens with one attached hydrogen (secondary N) is 1. The fourth-order valence-corrected chi connectivity index (χ4v) is 7.17. The predicted molar refractivity (Wildman–Crippen MR) is 131 cm³/mol. The predicted octanol–water partition coefficient (Wildman–Crippen LogP) is 4.41. The molecule has 2 aliphatic rings. The van der Waals surface area contributed by atoms with Gasteiger partial charge in [0.05, 0.1) is 10.5 Å². The summed E-state index contributed by atoms with van der Waals surface area (Å²) in [6.07, 6.45) is -4.44. The maximum Gasteiger partial charge on any atom is 0.416 e. The zero-order chi connectivity index (χ0) is 27.9. The number of fused-ring (bicyclic) bond motifs is 1. The average Bonchev–Trinajstić information content (AvgIpc) is 3.34. The summed E-state index contributed by atoms with van der Waals surface area (Å²) in [6.45, 7) is 9.32. The molecule has 0 spiro atoms. The monoisotopic (exact) mass is 547 g/mol. The van der Waals surface area contributed by atoms with Crippen LogP contribution >= 0.6 is 0 Å². The summed E-state index contributed by atoms with van der Waals surface area (Å²) in [5, 5.41) is 12.8. The van der Waals surface area contributed by atoms with Gasteiger partial charge in [0.1, 0.15) is 0 Å². The molecule has 1 aromatic rings. The molecular formula is C25H36F3N3O5S. The molecule has 1 aliphatic carbocycles. The number of carbonyl (C=O) groups excluding carboxylic acids is 1. The van der Waals surface area contributed by atoms with E-state index in [1.165, 1.54) is 9.21 Å². The molecule has 0 bridgehead atoms. The Bertz CT molecular complexity index is 1120. The van der Waals surface area contributed by atoms with Gasteiger partial charge in [0.25, 0.3) is 0 Å². The molecule has 1 heterocycles. The first-order valence-electron chi connectivity index (χ1n) is 12.4. The van der Waals surface area contributed by atoms with E-state index in [-0.39, 0.29) is 49.2 Å². The van der Waals surface area contributed by atoms with Crippen molar-refractivity contribution in [1.29, 1.82) is 0 Å². The zero-order valence-corrected chi connectivity index (χ0v) is 22.6. The summed E-state index contributed by atoms with van der Waals surface area (Å²) in [7, 11) is -4.13. The highest BCUT2D eigenvalue weighted by molar-refractivity contribution is 7.89. The van der Waals surface area contributed by atoms with Gasteiger partial charge in [-0.2, -0.15) is 17.5 Å². The number of amides is 2. The van der Waals surface area contributed by atoms with E-state index in [0.29, 0.717) is 18.9 Å². The van der Waals surface area contributed by atoms with Crippen molar-refractivity contribution in [1.82, 2.24) is 14.5 Å². The number of rotatable bonds is 7. The van der Waals surface area contributed by atoms with Gasteiger partial charge in [0, 0.05) is 37.1 Å². The molecule has 0 aromatic heterocycles. The molecule has 0 radical (unpaired) electrons. The van der Waals surface area contributed by atoms with Gasteiger partial charge in [-0.15, -0.1) is 0 Å². The molecule has 1 saturated heterocycles. The van der Waals surface area contributed by atoms with Crippen molar-refractivity contribution in [3.8, 4) is 0 Å². The van der Waals surface area contributed by atoms with Crippen LogP contribution in [-0.2, 0) is 21.0 Å². The van der Waals surface area contributed by atoms with Gasteiger partial charge in [0.2, 0.25) is 15.9 Å². The molecule has 1 aromatic carbocycles. The van der Waals surface area contributed by atoms with Crippen LogP contribution in [0.2, 0.25) is 0 Å². The number of nitrogens with zero attached hydrogens (tertiary/aromatic N) is 2. The fourth-order valence-electron chi connectivity index (χ4n) is 5.59. The van der Waals surface area contributed by atoms with Crippen molar-refractivity contribution in [2.24, 2.45) is 17.8 Å². The third-order valence-corrected chi connectivity index (χ3v) is 9.22. The standard InChI is InChI=1S/C25H36F3N3O5S/c1-15(2)21(31(23(33)34)24(3,4)5)12-22(32)29-20-10-9-16-13-30(14-19(16)20)37(35,36)18-8-6-7-17(11-18)25(26,27)28/h6-8,11,15-16,19-21H,9-10,12-14H2,1-5H3,(H,29,32)(H,33,34)/t16-,19+,20+,21-/m1/s1. The quantitative estimate of drug-likeness (QED) is 0.526. The molecule has 37 heavy (non-hydrogen) atoms. The van der Waals surface area contributed by atoms with Crippen LogP contribution in [0.5, 0.6) is 0 Å².